The quantitative estimate of drug-likeness (QED) is 0.357. The second kappa shape index (κ2) is 90.9. The van der Waals surface area contributed by atoms with Crippen LogP contribution in [-0.2, 0) is 51.5 Å². The molecule has 14 heteroatoms. The van der Waals surface area contributed by atoms with Gasteiger partial charge in [-0.2, -0.15) is 0 Å². The molecule has 0 saturated heterocycles. The first-order valence-corrected chi connectivity index (χ1v) is 4.38. The number of hydrogen-bond donors (Lipinski definition) is 0. The van der Waals surface area contributed by atoms with E-state index < -0.39 is 34.7 Å². The van der Waals surface area contributed by atoms with Crippen molar-refractivity contribution in [2.75, 3.05) is 0 Å². The van der Waals surface area contributed by atoms with E-state index in [1.165, 1.54) is 0 Å². The molecule has 1 radical (unpaired) electrons. The molecule has 14 heavy (non-hydrogen) atoms. The molecule has 0 aliphatic heterocycles. The zero-order valence-electron chi connectivity index (χ0n) is 5.70. The molecule has 0 saturated carbocycles. The van der Waals surface area contributed by atoms with E-state index >= 15 is 0 Å². The van der Waals surface area contributed by atoms with E-state index in [4.69, 9.17) is 37.8 Å². The zero-order chi connectivity index (χ0) is 10.8. The Morgan fingerprint density at radius 3 is 0.571 bits per heavy atom. The van der Waals surface area contributed by atoms with E-state index in [1.807, 2.05) is 0 Å². The van der Waals surface area contributed by atoms with Gasteiger partial charge in [-0.05, 0) is 0 Å². The summed E-state index contributed by atoms with van der Waals surface area (Å²) in [6.45, 7) is 0. The second-order valence-corrected chi connectivity index (χ2v) is 0.894. The van der Waals surface area contributed by atoms with Crippen molar-refractivity contribution in [3.05, 3.63) is 0 Å². The van der Waals surface area contributed by atoms with Crippen LogP contribution in [0.15, 0.2) is 0 Å². The van der Waals surface area contributed by atoms with Gasteiger partial charge in [0.05, 0.1) is 34.7 Å². The summed E-state index contributed by atoms with van der Waals surface area (Å²) in [6, 6.07) is 0. The molecule has 0 atom stereocenters. The molecule has 0 bridgehead atoms. The van der Waals surface area contributed by atoms with E-state index in [1.54, 1.807) is 0 Å². The first-order chi connectivity index (χ1) is 5.66. The summed E-state index contributed by atoms with van der Waals surface area (Å²) >= 11 is 0. The molecule has 0 aliphatic rings. The third kappa shape index (κ3) is 1290. The molecule has 0 N–H and O–H groups in total. The molecule has 0 aromatic heterocycles. The summed E-state index contributed by atoms with van der Waals surface area (Å²) in [6.07, 6.45) is 0. The van der Waals surface area contributed by atoms with Crippen LogP contribution in [0, 0.1) is 0 Å². The molecule has 0 unspecified atom stereocenters. The van der Waals surface area contributed by atoms with Gasteiger partial charge < -0.3 is 19.6 Å². The first-order valence-electron chi connectivity index (χ1n) is 1.46. The van der Waals surface area contributed by atoms with Crippen LogP contribution in [0.4, 0.5) is 0 Å². The van der Waals surface area contributed by atoms with Gasteiger partial charge in [-0.25, -0.2) is 0 Å². The van der Waals surface area contributed by atoms with Crippen LogP contribution in [0.1, 0.15) is 0 Å². The van der Waals surface area contributed by atoms with E-state index in [2.05, 4.69) is 0 Å². The Morgan fingerprint density at radius 2 is 0.571 bits per heavy atom. The van der Waals surface area contributed by atoms with Gasteiger partial charge in [-0.1, -0.05) is 0 Å². The van der Waals surface area contributed by atoms with Gasteiger partial charge in [0, 0.05) is 0 Å². The maximum Gasteiger partial charge on any atom is 2.00 e. The van der Waals surface area contributed by atoms with Crippen molar-refractivity contribution < 1.29 is 71.1 Å². The van der Waals surface area contributed by atoms with Crippen LogP contribution in [0.5, 0.6) is 0 Å². The normalized spacial score (nSPS) is 6.00. The smallest absolute Gasteiger partial charge is 0.772 e. The Bertz CT molecular complexity index is 75.3. The van der Waals surface area contributed by atoms with Crippen LogP contribution in [0.3, 0.4) is 0 Å². The van der Waals surface area contributed by atoms with Crippen molar-refractivity contribution >= 4 is 34.7 Å². The van der Waals surface area contributed by atoms with Crippen LogP contribution in [0.25, 0.3) is 0 Å². The van der Waals surface area contributed by atoms with Gasteiger partial charge in [-0.15, -0.1) is 0 Å². The summed E-state index contributed by atoms with van der Waals surface area (Å²) in [5.41, 5.74) is 0. The van der Waals surface area contributed by atoms with Crippen molar-refractivity contribution in [2.24, 2.45) is 0 Å². The predicted molar refractivity (Wildman–Crippen MR) is 30.4 cm³/mol. The molecule has 8 nitrogen and oxygen atoms in total. The molecule has 0 rings (SSSR count). The van der Waals surface area contributed by atoms with Crippen LogP contribution < -0.4 is 19.6 Å². The second-order valence-electron chi connectivity index (χ2n) is 0.298. The Hall–Kier alpha value is 1.24. The van der Waals surface area contributed by atoms with Gasteiger partial charge >= 0.3 is 33.3 Å². The Morgan fingerprint density at radius 1 is 0.571 bits per heavy atom. The molecule has 0 aliphatic carbocycles. The zero-order valence-corrected chi connectivity index (χ0v) is 11.3. The van der Waals surface area contributed by atoms with Crippen molar-refractivity contribution in [1.82, 2.24) is 0 Å². The standard InChI is InChI=1S/Co.Ni.4HO2P/c;;4*1-3-2/h;;4*(H,1,2)/q2*+2;;;;/p-4. The minimum Gasteiger partial charge on any atom is -0.772 e. The third-order valence-electron chi connectivity index (χ3n) is 0. The monoisotopic (exact) mass is 369 g/mol. The van der Waals surface area contributed by atoms with E-state index in [9.17, 15) is 0 Å². The molecule has 0 amide bonds. The van der Waals surface area contributed by atoms with Gasteiger partial charge in [0.15, 0.2) is 0 Å². The van der Waals surface area contributed by atoms with Crippen molar-refractivity contribution in [1.29, 1.82) is 0 Å². The molecule has 0 heterocycles. The third-order valence-corrected chi connectivity index (χ3v) is 0. The molecular formula is CoNiO8P4. The molecule has 0 aromatic carbocycles. The van der Waals surface area contributed by atoms with Gasteiger partial charge in [-0.3, -0.25) is 18.3 Å². The fourth-order valence-corrected chi connectivity index (χ4v) is 0. The van der Waals surface area contributed by atoms with Crippen molar-refractivity contribution in [2.45, 2.75) is 0 Å². The summed E-state index contributed by atoms with van der Waals surface area (Å²) in [7, 11) is -4.33. The summed E-state index contributed by atoms with van der Waals surface area (Å²) in [5, 5.41) is 0. The van der Waals surface area contributed by atoms with Crippen molar-refractivity contribution in [3.8, 4) is 0 Å². The average molecular weight is 370 g/mol. The summed E-state index contributed by atoms with van der Waals surface area (Å²) in [4.78, 5) is 33.4. The maximum atomic E-state index is 8.35. The van der Waals surface area contributed by atoms with E-state index in [0.29, 0.717) is 0 Å². The van der Waals surface area contributed by atoms with E-state index in [0.717, 1.165) is 0 Å². The largest absolute Gasteiger partial charge is 2.00 e. The van der Waals surface area contributed by atoms with Gasteiger partial charge in [0.25, 0.3) is 0 Å². The SMILES string of the molecule is O=P[O-].O=P[O-].O=P[O-].O=P[O-].[Co+2].[Ni+2]. The van der Waals surface area contributed by atoms with Crippen molar-refractivity contribution in [3.63, 3.8) is 0 Å². The number of hydrogen-bond acceptors (Lipinski definition) is 8. The molecular weight excluding hydrogens is 370 g/mol. The van der Waals surface area contributed by atoms with Crippen LogP contribution in [0.2, 0.25) is 0 Å². The maximum absolute atomic E-state index is 8.35. The Labute approximate surface area is 106 Å². The fourth-order valence-electron chi connectivity index (χ4n) is 0. The topological polar surface area (TPSA) is 161 Å². The molecule has 0 fully saturated rings. The molecule has 0 aromatic rings. The average Bonchev–Trinajstić information content (AvgIpc) is 1.92. The number of rotatable bonds is 0. The van der Waals surface area contributed by atoms with Gasteiger partial charge in [0.1, 0.15) is 0 Å². The predicted octanol–water partition coefficient (Wildman–Crippen LogP) is -1.79. The molecule has 0 spiro atoms. The minimum atomic E-state index is -1.08. The minimum absolute atomic E-state index is 0. The van der Waals surface area contributed by atoms with Crippen LogP contribution >= 0.6 is 34.7 Å². The Kier molecular flexibility index (Phi) is 235. The van der Waals surface area contributed by atoms with Gasteiger partial charge in [0.2, 0.25) is 0 Å². The first kappa shape index (κ1) is 36.2. The Balaban J connectivity index is -0.0000000145. The summed E-state index contributed by atoms with van der Waals surface area (Å²) < 4.78 is 33.4. The van der Waals surface area contributed by atoms with Crippen LogP contribution in [-0.4, -0.2) is 0 Å². The molecule has 87 valence electrons. The summed E-state index contributed by atoms with van der Waals surface area (Å²) in [5.74, 6) is 0. The van der Waals surface area contributed by atoms with E-state index in [-0.39, 0.29) is 33.3 Å². The fraction of sp³-hybridized carbons (Fsp3) is 0.